The molecule has 3 aromatic rings. The fourth-order valence-corrected chi connectivity index (χ4v) is 3.31. The number of pyridine rings is 1. The molecule has 0 radical (unpaired) electrons. The molecular weight excluding hydrogens is 338 g/mol. The monoisotopic (exact) mass is 341 g/mol. The molecule has 3 rings (SSSR count). The lowest BCUT2D eigenvalue weighted by Crippen LogP contribution is -1.72. The van der Waals surface area contributed by atoms with E-state index in [9.17, 15) is 0 Å². The molecule has 0 saturated heterocycles. The van der Waals surface area contributed by atoms with Crippen molar-refractivity contribution in [2.75, 3.05) is 0 Å². The average molecular weight is 343 g/mol. The molecule has 0 bridgehead atoms. The van der Waals surface area contributed by atoms with Crippen LogP contribution in [0.5, 0.6) is 0 Å². The summed E-state index contributed by atoms with van der Waals surface area (Å²) in [5.41, 5.74) is 0. The SMILES string of the molecule is Brc1ccc2sc3ncc(Br)cc3c2c1. The maximum Gasteiger partial charge on any atom is 0.124 e. The molecular formula is C11H5Br2NS. The molecule has 0 saturated carbocycles. The number of fused-ring (bicyclic) bond motifs is 3. The maximum absolute atomic E-state index is 4.40. The molecule has 0 fully saturated rings. The second-order valence-corrected chi connectivity index (χ2v) is 6.11. The Morgan fingerprint density at radius 2 is 1.80 bits per heavy atom. The molecule has 2 heterocycles. The van der Waals surface area contributed by atoms with Crippen molar-refractivity contribution >= 4 is 63.5 Å². The molecule has 0 atom stereocenters. The van der Waals surface area contributed by atoms with E-state index in [1.54, 1.807) is 11.3 Å². The number of rotatable bonds is 0. The molecule has 0 aliphatic rings. The Balaban J connectivity index is 2.55. The van der Waals surface area contributed by atoms with Crippen molar-refractivity contribution < 1.29 is 0 Å². The van der Waals surface area contributed by atoms with Crippen LogP contribution in [-0.4, -0.2) is 4.98 Å². The molecule has 15 heavy (non-hydrogen) atoms. The highest BCUT2D eigenvalue weighted by Crippen LogP contribution is 2.35. The first-order valence-electron chi connectivity index (χ1n) is 4.37. The van der Waals surface area contributed by atoms with Crippen molar-refractivity contribution in [3.8, 4) is 0 Å². The summed E-state index contributed by atoms with van der Waals surface area (Å²) in [6.45, 7) is 0. The van der Waals surface area contributed by atoms with Gasteiger partial charge in [0.2, 0.25) is 0 Å². The number of thiophene rings is 1. The maximum atomic E-state index is 4.40. The van der Waals surface area contributed by atoms with Crippen LogP contribution < -0.4 is 0 Å². The zero-order valence-electron chi connectivity index (χ0n) is 7.50. The quantitative estimate of drug-likeness (QED) is 0.561. The van der Waals surface area contributed by atoms with Gasteiger partial charge >= 0.3 is 0 Å². The van der Waals surface area contributed by atoms with E-state index >= 15 is 0 Å². The first-order valence-corrected chi connectivity index (χ1v) is 6.77. The predicted octanol–water partition coefficient (Wildman–Crippen LogP) is 4.97. The van der Waals surface area contributed by atoms with Crippen LogP contribution in [0.1, 0.15) is 0 Å². The highest BCUT2D eigenvalue weighted by atomic mass is 79.9. The summed E-state index contributed by atoms with van der Waals surface area (Å²) in [7, 11) is 0. The standard InChI is InChI=1S/C11H5Br2NS/c12-6-1-2-10-8(3-6)9-4-7(13)5-14-11(9)15-10/h1-5H. The van der Waals surface area contributed by atoms with Crippen LogP contribution in [0, 0.1) is 0 Å². The van der Waals surface area contributed by atoms with Crippen molar-refractivity contribution in [2.45, 2.75) is 0 Å². The van der Waals surface area contributed by atoms with Crippen molar-refractivity contribution in [3.63, 3.8) is 0 Å². The summed E-state index contributed by atoms with van der Waals surface area (Å²) in [6, 6.07) is 8.45. The average Bonchev–Trinajstić information content (AvgIpc) is 2.56. The van der Waals surface area contributed by atoms with Gasteiger partial charge in [0.05, 0.1) is 0 Å². The molecule has 0 unspecified atom stereocenters. The summed E-state index contributed by atoms with van der Waals surface area (Å²) in [4.78, 5) is 5.49. The van der Waals surface area contributed by atoms with Crippen molar-refractivity contribution in [3.05, 3.63) is 39.4 Å². The van der Waals surface area contributed by atoms with Gasteiger partial charge in [-0.25, -0.2) is 4.98 Å². The Hall–Kier alpha value is -0.450. The van der Waals surface area contributed by atoms with Gasteiger partial charge in [0, 0.05) is 30.6 Å². The van der Waals surface area contributed by atoms with Crippen molar-refractivity contribution in [1.82, 2.24) is 4.98 Å². The van der Waals surface area contributed by atoms with Gasteiger partial charge < -0.3 is 0 Å². The molecule has 1 nitrogen and oxygen atoms in total. The lowest BCUT2D eigenvalue weighted by Gasteiger charge is -1.93. The normalized spacial score (nSPS) is 11.3. The van der Waals surface area contributed by atoms with Crippen LogP contribution in [0.25, 0.3) is 20.3 Å². The number of benzene rings is 1. The predicted molar refractivity (Wildman–Crippen MR) is 72.5 cm³/mol. The third-order valence-corrected chi connectivity index (χ3v) is 4.28. The van der Waals surface area contributed by atoms with Crippen LogP contribution >= 0.6 is 43.2 Å². The van der Waals surface area contributed by atoms with E-state index in [2.05, 4.69) is 61.1 Å². The Morgan fingerprint density at radius 3 is 2.67 bits per heavy atom. The van der Waals surface area contributed by atoms with E-state index in [0.29, 0.717) is 0 Å². The summed E-state index contributed by atoms with van der Waals surface area (Å²) in [5.74, 6) is 0. The van der Waals surface area contributed by atoms with Gasteiger partial charge in [-0.05, 0) is 40.2 Å². The van der Waals surface area contributed by atoms with Crippen LogP contribution in [0.3, 0.4) is 0 Å². The van der Waals surface area contributed by atoms with Crippen LogP contribution in [0.2, 0.25) is 0 Å². The lowest BCUT2D eigenvalue weighted by atomic mass is 10.2. The van der Waals surface area contributed by atoms with Gasteiger partial charge in [0.15, 0.2) is 0 Å². The number of hydrogen-bond donors (Lipinski definition) is 0. The fraction of sp³-hybridized carbons (Fsp3) is 0. The van der Waals surface area contributed by atoms with E-state index in [0.717, 1.165) is 13.8 Å². The molecule has 0 aliphatic heterocycles. The third kappa shape index (κ3) is 1.61. The van der Waals surface area contributed by atoms with Gasteiger partial charge in [-0.2, -0.15) is 0 Å². The summed E-state index contributed by atoms with van der Waals surface area (Å²) in [5, 5.41) is 2.48. The highest BCUT2D eigenvalue weighted by Gasteiger charge is 2.06. The van der Waals surface area contributed by atoms with Gasteiger partial charge in [-0.3, -0.25) is 0 Å². The smallest absolute Gasteiger partial charge is 0.124 e. The molecule has 2 aromatic heterocycles. The molecule has 1 aromatic carbocycles. The molecule has 0 N–H and O–H groups in total. The first kappa shape index (κ1) is 9.75. The number of halogens is 2. The van der Waals surface area contributed by atoms with E-state index in [1.165, 1.54) is 15.5 Å². The zero-order valence-corrected chi connectivity index (χ0v) is 11.5. The Bertz CT molecular complexity index is 604. The molecule has 4 heteroatoms. The van der Waals surface area contributed by atoms with Gasteiger partial charge in [0.25, 0.3) is 0 Å². The van der Waals surface area contributed by atoms with Gasteiger partial charge in [-0.1, -0.05) is 15.9 Å². The number of aromatic nitrogens is 1. The third-order valence-electron chi connectivity index (χ3n) is 2.26. The van der Waals surface area contributed by atoms with E-state index in [-0.39, 0.29) is 0 Å². The van der Waals surface area contributed by atoms with E-state index in [4.69, 9.17) is 0 Å². The minimum absolute atomic E-state index is 1.02. The van der Waals surface area contributed by atoms with Crippen LogP contribution in [0.15, 0.2) is 39.4 Å². The Morgan fingerprint density at radius 1 is 1.00 bits per heavy atom. The second-order valence-electron chi connectivity index (χ2n) is 3.25. The van der Waals surface area contributed by atoms with Crippen LogP contribution in [0.4, 0.5) is 0 Å². The van der Waals surface area contributed by atoms with Gasteiger partial charge in [-0.15, -0.1) is 11.3 Å². The van der Waals surface area contributed by atoms with Crippen molar-refractivity contribution in [2.24, 2.45) is 0 Å². The Labute approximate surface area is 107 Å². The summed E-state index contributed by atoms with van der Waals surface area (Å²) < 4.78 is 3.41. The first-order chi connectivity index (χ1) is 7.24. The lowest BCUT2D eigenvalue weighted by molar-refractivity contribution is 1.42. The van der Waals surface area contributed by atoms with Crippen molar-refractivity contribution in [1.29, 1.82) is 0 Å². The minimum Gasteiger partial charge on any atom is -0.244 e. The molecule has 0 spiro atoms. The minimum atomic E-state index is 1.02. The van der Waals surface area contributed by atoms with Gasteiger partial charge in [0.1, 0.15) is 4.83 Å². The van der Waals surface area contributed by atoms with E-state index < -0.39 is 0 Å². The summed E-state index contributed by atoms with van der Waals surface area (Å²) >= 11 is 8.67. The largest absolute Gasteiger partial charge is 0.244 e. The van der Waals surface area contributed by atoms with Crippen LogP contribution in [-0.2, 0) is 0 Å². The summed E-state index contributed by atoms with van der Waals surface area (Å²) in [6.07, 6.45) is 1.84. The Kier molecular flexibility index (Phi) is 2.30. The highest BCUT2D eigenvalue weighted by molar-refractivity contribution is 9.10. The molecule has 0 aliphatic carbocycles. The topological polar surface area (TPSA) is 12.9 Å². The molecule has 0 amide bonds. The fourth-order valence-electron chi connectivity index (χ4n) is 1.61. The van der Waals surface area contributed by atoms with E-state index in [1.807, 2.05) is 6.20 Å². The number of hydrogen-bond acceptors (Lipinski definition) is 2. The zero-order chi connectivity index (χ0) is 10.4. The molecule has 74 valence electrons. The second kappa shape index (κ2) is 3.54. The number of nitrogens with zero attached hydrogens (tertiary/aromatic N) is 1.